The van der Waals surface area contributed by atoms with E-state index in [2.05, 4.69) is 25.4 Å². The lowest BCUT2D eigenvalue weighted by atomic mass is 10.1. The van der Waals surface area contributed by atoms with Crippen LogP contribution in [0, 0.1) is 0 Å². The molecule has 0 bridgehead atoms. The van der Waals surface area contributed by atoms with E-state index in [-0.39, 0.29) is 35.3 Å². The summed E-state index contributed by atoms with van der Waals surface area (Å²) in [6.45, 7) is -0.469. The number of hydrogen-bond acceptors (Lipinski definition) is 10. The average molecular weight is 501 g/mol. The molecule has 35 heavy (non-hydrogen) atoms. The number of halogens is 1. The van der Waals surface area contributed by atoms with Crippen LogP contribution < -0.4 is 11.1 Å². The summed E-state index contributed by atoms with van der Waals surface area (Å²) < 4.78 is 8.29. The van der Waals surface area contributed by atoms with E-state index >= 15 is 0 Å². The highest BCUT2D eigenvalue weighted by Crippen LogP contribution is 2.32. The molecule has 14 heteroatoms. The van der Waals surface area contributed by atoms with E-state index in [9.17, 15) is 20.1 Å². The van der Waals surface area contributed by atoms with E-state index in [1.165, 1.54) is 28.0 Å². The Kier molecular flexibility index (Phi) is 6.08. The van der Waals surface area contributed by atoms with Gasteiger partial charge in [-0.1, -0.05) is 23.7 Å². The van der Waals surface area contributed by atoms with Crippen molar-refractivity contribution in [1.29, 1.82) is 0 Å². The van der Waals surface area contributed by atoms with Crippen molar-refractivity contribution in [2.24, 2.45) is 0 Å². The van der Waals surface area contributed by atoms with Crippen LogP contribution in [0.1, 0.15) is 11.8 Å². The minimum atomic E-state index is -1.32. The van der Waals surface area contributed by atoms with Crippen LogP contribution >= 0.6 is 11.6 Å². The van der Waals surface area contributed by atoms with E-state index in [4.69, 9.17) is 22.1 Å². The Hall–Kier alpha value is -3.62. The second kappa shape index (κ2) is 9.20. The largest absolute Gasteiger partial charge is 0.394 e. The monoisotopic (exact) mass is 500 g/mol. The molecule has 6 N–H and O–H groups in total. The number of nitrogens with zero attached hydrogens (tertiary/aromatic N) is 6. The highest BCUT2D eigenvalue weighted by molar-refractivity contribution is 6.30. The fourth-order valence-electron chi connectivity index (χ4n) is 3.81. The van der Waals surface area contributed by atoms with Gasteiger partial charge in [-0.05, 0) is 17.7 Å². The van der Waals surface area contributed by atoms with Crippen LogP contribution in [0.4, 0.5) is 11.5 Å². The lowest BCUT2D eigenvalue weighted by Crippen LogP contribution is -2.33. The van der Waals surface area contributed by atoms with Crippen molar-refractivity contribution < 1.29 is 24.9 Å². The quantitative estimate of drug-likeness (QED) is 0.242. The number of anilines is 2. The van der Waals surface area contributed by atoms with Gasteiger partial charge in [0.1, 0.15) is 23.8 Å². The number of nitrogens with two attached hydrogens (primary N) is 1. The number of imidazole rings is 1. The third-order valence-electron chi connectivity index (χ3n) is 5.58. The van der Waals surface area contributed by atoms with Crippen LogP contribution in [-0.4, -0.2) is 75.4 Å². The molecule has 1 aromatic carbocycles. The molecule has 4 aromatic rings. The topological polar surface area (TPSA) is 186 Å². The van der Waals surface area contributed by atoms with Gasteiger partial charge in [-0.2, -0.15) is 15.1 Å². The number of aliphatic hydroxyl groups is 3. The molecular formula is C21H21ClN8O5. The second-order valence-corrected chi connectivity index (χ2v) is 8.42. The van der Waals surface area contributed by atoms with Crippen molar-refractivity contribution >= 4 is 40.2 Å². The summed E-state index contributed by atoms with van der Waals surface area (Å²) in [4.78, 5) is 25.2. The second-order valence-electron chi connectivity index (χ2n) is 7.99. The van der Waals surface area contributed by atoms with Crippen LogP contribution in [0.15, 0.2) is 43.0 Å². The molecule has 0 aliphatic carbocycles. The fourth-order valence-corrected chi connectivity index (χ4v) is 3.94. The van der Waals surface area contributed by atoms with Crippen molar-refractivity contribution in [2.75, 3.05) is 17.7 Å². The van der Waals surface area contributed by atoms with E-state index in [1.54, 1.807) is 24.3 Å². The standard InChI is InChI=1S/C21H21ClN8O5/c22-11-3-1-10(2-4-11)5-14(32)26-12-6-25-30(7-12)21-27-18(23)15-19(28-21)29(9-24-15)20-17(34)16(33)13(8-31)35-20/h1-4,6-7,9,13,16-17,20,31,33-34H,5,8H2,(H,26,32)(H2,23,27,28)/t13-,16-,17-,20-/m1/s1. The van der Waals surface area contributed by atoms with Crippen molar-refractivity contribution in [3.63, 3.8) is 0 Å². The zero-order valence-corrected chi connectivity index (χ0v) is 18.8. The van der Waals surface area contributed by atoms with Gasteiger partial charge in [0.05, 0.1) is 37.4 Å². The van der Waals surface area contributed by atoms with Gasteiger partial charge in [0.15, 0.2) is 17.7 Å². The number of rotatable bonds is 6. The maximum Gasteiger partial charge on any atom is 0.254 e. The van der Waals surface area contributed by atoms with Crippen LogP contribution in [0.2, 0.25) is 5.02 Å². The molecule has 0 saturated carbocycles. The van der Waals surface area contributed by atoms with Gasteiger partial charge >= 0.3 is 0 Å². The average Bonchev–Trinajstić information content (AvgIpc) is 3.54. The molecule has 0 spiro atoms. The third kappa shape index (κ3) is 4.42. The molecule has 4 heterocycles. The summed E-state index contributed by atoms with van der Waals surface area (Å²) >= 11 is 5.87. The van der Waals surface area contributed by atoms with E-state index in [0.717, 1.165) is 5.56 Å². The van der Waals surface area contributed by atoms with Crippen molar-refractivity contribution in [3.8, 4) is 5.95 Å². The summed E-state index contributed by atoms with van der Waals surface area (Å²) in [6, 6.07) is 6.97. The van der Waals surface area contributed by atoms with Gasteiger partial charge in [-0.25, -0.2) is 9.67 Å². The number of benzene rings is 1. The predicted octanol–water partition coefficient (Wildman–Crippen LogP) is 0.0403. The van der Waals surface area contributed by atoms with Crippen LogP contribution in [0.25, 0.3) is 17.1 Å². The molecule has 1 saturated heterocycles. The Morgan fingerprint density at radius 2 is 1.97 bits per heavy atom. The van der Waals surface area contributed by atoms with Crippen LogP contribution in [-0.2, 0) is 16.0 Å². The van der Waals surface area contributed by atoms with Gasteiger partial charge in [0, 0.05) is 5.02 Å². The maximum absolute atomic E-state index is 12.4. The fraction of sp³-hybridized carbons (Fsp3) is 0.286. The minimum Gasteiger partial charge on any atom is -0.394 e. The first-order chi connectivity index (χ1) is 16.8. The highest BCUT2D eigenvalue weighted by Gasteiger charge is 2.44. The molecule has 1 amide bonds. The maximum atomic E-state index is 12.4. The van der Waals surface area contributed by atoms with Crippen molar-refractivity contribution in [3.05, 3.63) is 53.6 Å². The Morgan fingerprint density at radius 3 is 2.69 bits per heavy atom. The number of nitrogens with one attached hydrogen (secondary N) is 1. The Balaban J connectivity index is 1.38. The number of aromatic nitrogens is 6. The molecule has 1 fully saturated rings. The van der Waals surface area contributed by atoms with Gasteiger partial charge in [0.25, 0.3) is 5.95 Å². The zero-order valence-electron chi connectivity index (χ0n) is 18.1. The number of carbonyl (C=O) groups excluding carboxylic acids is 1. The molecule has 0 unspecified atom stereocenters. The molecule has 5 rings (SSSR count). The van der Waals surface area contributed by atoms with Crippen molar-refractivity contribution in [2.45, 2.75) is 31.0 Å². The van der Waals surface area contributed by atoms with Crippen LogP contribution in [0.5, 0.6) is 0 Å². The Morgan fingerprint density at radius 1 is 1.20 bits per heavy atom. The number of amides is 1. The summed E-state index contributed by atoms with van der Waals surface area (Å²) in [5.41, 5.74) is 7.78. The molecule has 1 aliphatic rings. The normalized spacial score (nSPS) is 22.1. The van der Waals surface area contributed by atoms with E-state index < -0.39 is 31.1 Å². The lowest BCUT2D eigenvalue weighted by Gasteiger charge is -2.16. The number of nitrogen functional groups attached to an aromatic ring is 1. The number of fused-ring (bicyclic) bond motifs is 1. The minimum absolute atomic E-state index is 0.0549. The predicted molar refractivity (Wildman–Crippen MR) is 124 cm³/mol. The first-order valence-electron chi connectivity index (χ1n) is 10.6. The molecule has 3 aromatic heterocycles. The molecule has 4 atom stereocenters. The molecular weight excluding hydrogens is 480 g/mol. The summed E-state index contributed by atoms with van der Waals surface area (Å²) in [5, 5.41) is 37.4. The Labute approximate surface area is 202 Å². The van der Waals surface area contributed by atoms with E-state index in [0.29, 0.717) is 10.7 Å². The summed E-state index contributed by atoms with van der Waals surface area (Å²) in [5.74, 6) is -0.105. The number of aliphatic hydroxyl groups excluding tert-OH is 3. The van der Waals surface area contributed by atoms with E-state index in [1.807, 2.05) is 0 Å². The highest BCUT2D eigenvalue weighted by atomic mass is 35.5. The van der Waals surface area contributed by atoms with Crippen LogP contribution in [0.3, 0.4) is 0 Å². The van der Waals surface area contributed by atoms with Gasteiger partial charge in [0.2, 0.25) is 5.91 Å². The third-order valence-corrected chi connectivity index (χ3v) is 5.83. The molecule has 182 valence electrons. The first kappa shape index (κ1) is 23.1. The van der Waals surface area contributed by atoms with Gasteiger partial charge in [-0.3, -0.25) is 9.36 Å². The molecule has 13 nitrogen and oxygen atoms in total. The summed E-state index contributed by atoms with van der Waals surface area (Å²) in [7, 11) is 0. The smallest absolute Gasteiger partial charge is 0.254 e. The van der Waals surface area contributed by atoms with Crippen molar-refractivity contribution in [1.82, 2.24) is 29.3 Å². The number of carbonyl (C=O) groups is 1. The van der Waals surface area contributed by atoms with Gasteiger partial charge < -0.3 is 31.1 Å². The first-order valence-corrected chi connectivity index (χ1v) is 10.9. The Bertz CT molecular complexity index is 1370. The number of hydrogen-bond donors (Lipinski definition) is 5. The number of ether oxygens (including phenoxy) is 1. The SMILES string of the molecule is Nc1nc(-n2cc(NC(=O)Cc3ccc(Cl)cc3)cn2)nc2c1ncn2[C@@H]1O[C@H](CO)[C@@H](O)[C@H]1O. The summed E-state index contributed by atoms with van der Waals surface area (Å²) in [6.07, 6.45) is -0.152. The zero-order chi connectivity index (χ0) is 24.7. The molecule has 0 radical (unpaired) electrons. The molecule has 1 aliphatic heterocycles. The van der Waals surface area contributed by atoms with Gasteiger partial charge in [-0.15, -0.1) is 0 Å². The lowest BCUT2D eigenvalue weighted by molar-refractivity contribution is -0.115.